The molecule has 1 N–H and O–H groups in total. The smallest absolute Gasteiger partial charge is 0.0543 e. The molecule has 0 saturated carbocycles. The molecule has 0 bridgehead atoms. The summed E-state index contributed by atoms with van der Waals surface area (Å²) in [7, 11) is 2.14. The zero-order valence-electron chi connectivity index (χ0n) is 12.3. The van der Waals surface area contributed by atoms with E-state index < -0.39 is 0 Å². The van der Waals surface area contributed by atoms with Crippen molar-refractivity contribution in [2.75, 3.05) is 13.6 Å². The molecule has 2 rings (SSSR count). The molecule has 4 heteroatoms. The molecular formula is C16H23N3S. The van der Waals surface area contributed by atoms with Gasteiger partial charge in [-0.2, -0.15) is 0 Å². The Morgan fingerprint density at radius 3 is 2.75 bits per heavy atom. The highest BCUT2D eigenvalue weighted by Gasteiger charge is 2.05. The highest BCUT2D eigenvalue weighted by molar-refractivity contribution is 7.11. The van der Waals surface area contributed by atoms with Crippen molar-refractivity contribution < 1.29 is 0 Å². The standard InChI is InChI=1S/C16H23N3S/c1-3-9-17-11-15-7-8-16(20-15)13-19(2)12-14-6-4-5-10-18-14/h4-8,10,17H,3,9,11-13H2,1-2H3. The van der Waals surface area contributed by atoms with Crippen molar-refractivity contribution in [1.82, 2.24) is 15.2 Å². The summed E-state index contributed by atoms with van der Waals surface area (Å²) in [5.41, 5.74) is 1.12. The number of hydrogen-bond donors (Lipinski definition) is 1. The predicted octanol–water partition coefficient (Wildman–Crippen LogP) is 3.27. The molecule has 0 fully saturated rings. The molecule has 0 aliphatic rings. The average Bonchev–Trinajstić information content (AvgIpc) is 2.87. The second-order valence-electron chi connectivity index (χ2n) is 5.04. The van der Waals surface area contributed by atoms with E-state index in [0.29, 0.717) is 0 Å². The fourth-order valence-corrected chi connectivity index (χ4v) is 3.15. The highest BCUT2D eigenvalue weighted by Crippen LogP contribution is 2.18. The first-order chi connectivity index (χ1) is 9.78. The molecule has 2 heterocycles. The molecule has 0 aromatic carbocycles. The normalized spacial score (nSPS) is 11.2. The molecule has 2 aromatic heterocycles. The fourth-order valence-electron chi connectivity index (χ4n) is 2.08. The van der Waals surface area contributed by atoms with Crippen molar-refractivity contribution in [2.45, 2.75) is 33.0 Å². The lowest BCUT2D eigenvalue weighted by molar-refractivity contribution is 0.318. The van der Waals surface area contributed by atoms with E-state index in [0.717, 1.165) is 31.9 Å². The highest BCUT2D eigenvalue weighted by atomic mass is 32.1. The van der Waals surface area contributed by atoms with Crippen molar-refractivity contribution in [3.8, 4) is 0 Å². The Morgan fingerprint density at radius 1 is 1.15 bits per heavy atom. The van der Waals surface area contributed by atoms with E-state index in [4.69, 9.17) is 0 Å². The summed E-state index contributed by atoms with van der Waals surface area (Å²) < 4.78 is 0. The molecule has 0 radical (unpaired) electrons. The minimum atomic E-state index is 0.891. The Bertz CT molecular complexity index is 495. The van der Waals surface area contributed by atoms with Gasteiger partial charge in [-0.25, -0.2) is 0 Å². The van der Waals surface area contributed by atoms with Gasteiger partial charge in [0.05, 0.1) is 5.69 Å². The van der Waals surface area contributed by atoms with Crippen LogP contribution < -0.4 is 5.32 Å². The van der Waals surface area contributed by atoms with Gasteiger partial charge in [0.2, 0.25) is 0 Å². The lowest BCUT2D eigenvalue weighted by Crippen LogP contribution is -2.17. The summed E-state index contributed by atoms with van der Waals surface area (Å²) in [5.74, 6) is 0. The molecule has 2 aromatic rings. The zero-order valence-corrected chi connectivity index (χ0v) is 13.1. The van der Waals surface area contributed by atoms with E-state index in [1.165, 1.54) is 16.2 Å². The Balaban J connectivity index is 1.80. The third kappa shape index (κ3) is 5.04. The third-order valence-corrected chi connectivity index (χ3v) is 4.10. The summed E-state index contributed by atoms with van der Waals surface area (Å²) in [4.78, 5) is 9.50. The molecule has 0 aliphatic heterocycles. The van der Waals surface area contributed by atoms with Gasteiger partial charge < -0.3 is 5.32 Å². The number of nitrogens with one attached hydrogen (secondary N) is 1. The molecule has 0 saturated heterocycles. The maximum absolute atomic E-state index is 4.37. The first kappa shape index (κ1) is 15.2. The van der Waals surface area contributed by atoms with Crippen LogP contribution in [0.4, 0.5) is 0 Å². The van der Waals surface area contributed by atoms with Crippen LogP contribution in [0.5, 0.6) is 0 Å². The molecule has 0 aliphatic carbocycles. The van der Waals surface area contributed by atoms with Crippen LogP contribution in [0.25, 0.3) is 0 Å². The van der Waals surface area contributed by atoms with Crippen LogP contribution in [0.2, 0.25) is 0 Å². The van der Waals surface area contributed by atoms with Crippen molar-refractivity contribution in [3.63, 3.8) is 0 Å². The van der Waals surface area contributed by atoms with E-state index in [1.54, 1.807) is 0 Å². The lowest BCUT2D eigenvalue weighted by Gasteiger charge is -2.14. The predicted molar refractivity (Wildman–Crippen MR) is 85.7 cm³/mol. The molecule has 0 atom stereocenters. The van der Waals surface area contributed by atoms with Gasteiger partial charge in [-0.15, -0.1) is 11.3 Å². The van der Waals surface area contributed by atoms with Gasteiger partial charge in [-0.1, -0.05) is 13.0 Å². The van der Waals surface area contributed by atoms with E-state index in [1.807, 2.05) is 29.7 Å². The number of hydrogen-bond acceptors (Lipinski definition) is 4. The third-order valence-electron chi connectivity index (χ3n) is 3.03. The number of pyridine rings is 1. The van der Waals surface area contributed by atoms with Crippen LogP contribution in [-0.4, -0.2) is 23.5 Å². The zero-order chi connectivity index (χ0) is 14.2. The minimum absolute atomic E-state index is 0.891. The molecule has 108 valence electrons. The van der Waals surface area contributed by atoms with E-state index in [-0.39, 0.29) is 0 Å². The van der Waals surface area contributed by atoms with Gasteiger partial charge in [0, 0.05) is 35.6 Å². The second kappa shape index (κ2) is 8.15. The van der Waals surface area contributed by atoms with E-state index in [2.05, 4.69) is 47.4 Å². The van der Waals surface area contributed by atoms with E-state index in [9.17, 15) is 0 Å². The molecule has 0 spiro atoms. The van der Waals surface area contributed by atoms with Crippen molar-refractivity contribution in [2.24, 2.45) is 0 Å². The van der Waals surface area contributed by atoms with Crippen molar-refractivity contribution in [3.05, 3.63) is 52.0 Å². The average molecular weight is 289 g/mol. The first-order valence-corrected chi connectivity index (χ1v) is 7.96. The van der Waals surface area contributed by atoms with Gasteiger partial charge >= 0.3 is 0 Å². The topological polar surface area (TPSA) is 28.2 Å². The Kier molecular flexibility index (Phi) is 6.18. The van der Waals surface area contributed by atoms with Gasteiger partial charge in [-0.3, -0.25) is 9.88 Å². The summed E-state index contributed by atoms with van der Waals surface area (Å²) >= 11 is 1.90. The van der Waals surface area contributed by atoms with Crippen LogP contribution in [0.15, 0.2) is 36.5 Å². The summed E-state index contributed by atoms with van der Waals surface area (Å²) in [6.07, 6.45) is 3.04. The first-order valence-electron chi connectivity index (χ1n) is 7.14. The van der Waals surface area contributed by atoms with Crippen molar-refractivity contribution >= 4 is 11.3 Å². The Morgan fingerprint density at radius 2 is 2.00 bits per heavy atom. The molecule has 0 unspecified atom stereocenters. The lowest BCUT2D eigenvalue weighted by atomic mass is 10.3. The maximum Gasteiger partial charge on any atom is 0.0543 e. The van der Waals surface area contributed by atoms with Gasteiger partial charge in [0.15, 0.2) is 0 Å². The largest absolute Gasteiger partial charge is 0.312 e. The van der Waals surface area contributed by atoms with Crippen LogP contribution in [0, 0.1) is 0 Å². The fraction of sp³-hybridized carbons (Fsp3) is 0.438. The van der Waals surface area contributed by atoms with Gasteiger partial charge in [-0.05, 0) is 44.3 Å². The number of aromatic nitrogens is 1. The monoisotopic (exact) mass is 289 g/mol. The number of nitrogens with zero attached hydrogens (tertiary/aromatic N) is 2. The van der Waals surface area contributed by atoms with Crippen molar-refractivity contribution in [1.29, 1.82) is 0 Å². The number of thiophene rings is 1. The second-order valence-corrected chi connectivity index (χ2v) is 6.29. The maximum atomic E-state index is 4.37. The minimum Gasteiger partial charge on any atom is -0.312 e. The number of rotatable bonds is 8. The van der Waals surface area contributed by atoms with E-state index >= 15 is 0 Å². The molecule has 20 heavy (non-hydrogen) atoms. The van der Waals surface area contributed by atoms with Crippen LogP contribution in [0.1, 0.15) is 28.8 Å². The summed E-state index contributed by atoms with van der Waals surface area (Å²) in [6.45, 7) is 6.14. The van der Waals surface area contributed by atoms with Crippen LogP contribution >= 0.6 is 11.3 Å². The molecular weight excluding hydrogens is 266 g/mol. The Hall–Kier alpha value is -1.23. The molecule has 0 amide bonds. The van der Waals surface area contributed by atoms with Crippen LogP contribution in [0.3, 0.4) is 0 Å². The van der Waals surface area contributed by atoms with Crippen LogP contribution in [-0.2, 0) is 19.6 Å². The van der Waals surface area contributed by atoms with Gasteiger partial charge in [0.25, 0.3) is 0 Å². The molecule has 3 nitrogen and oxygen atoms in total. The summed E-state index contributed by atoms with van der Waals surface area (Å²) in [6, 6.07) is 10.5. The quantitative estimate of drug-likeness (QED) is 0.756. The summed E-state index contributed by atoms with van der Waals surface area (Å²) in [5, 5.41) is 3.44. The Labute approximate surface area is 125 Å². The SMILES string of the molecule is CCCNCc1ccc(CN(C)Cc2ccccn2)s1. The van der Waals surface area contributed by atoms with Gasteiger partial charge in [0.1, 0.15) is 0 Å².